The minimum atomic E-state index is 0.297. The van der Waals surface area contributed by atoms with Crippen molar-refractivity contribution in [3.63, 3.8) is 0 Å². The van der Waals surface area contributed by atoms with Gasteiger partial charge >= 0.3 is 0 Å². The molecule has 5 heteroatoms. The molecule has 0 bridgehead atoms. The molecule has 0 aromatic rings. The van der Waals surface area contributed by atoms with Crippen molar-refractivity contribution >= 4 is 17.5 Å². The lowest BCUT2D eigenvalue weighted by Crippen LogP contribution is -2.44. The minimum absolute atomic E-state index is 0.297. The molecular weight excluding hydrogens is 262 g/mol. The summed E-state index contributed by atoms with van der Waals surface area (Å²) in [6.45, 7) is 7.70. The summed E-state index contributed by atoms with van der Waals surface area (Å²) in [5, 5.41) is 0. The number of hydrogen-bond acceptors (Lipinski definition) is 3. The van der Waals surface area contributed by atoms with Crippen LogP contribution >= 0.6 is 11.6 Å². The molecule has 0 aliphatic carbocycles. The molecule has 1 amide bonds. The highest BCUT2D eigenvalue weighted by Crippen LogP contribution is 2.19. The van der Waals surface area contributed by atoms with Crippen molar-refractivity contribution in [2.75, 3.05) is 58.7 Å². The lowest BCUT2D eigenvalue weighted by atomic mass is 10.1. The Balaban J connectivity index is 1.56. The van der Waals surface area contributed by atoms with Crippen molar-refractivity contribution < 1.29 is 4.79 Å². The fraction of sp³-hybridized carbons (Fsp3) is 0.929. The molecule has 2 saturated heterocycles. The molecular formula is C14H26ClN3O. The first-order chi connectivity index (χ1) is 9.19. The Kier molecular flexibility index (Phi) is 5.92. The van der Waals surface area contributed by atoms with E-state index < -0.39 is 0 Å². The van der Waals surface area contributed by atoms with Crippen LogP contribution < -0.4 is 0 Å². The van der Waals surface area contributed by atoms with E-state index in [1.807, 2.05) is 4.90 Å². The monoisotopic (exact) mass is 287 g/mol. The smallest absolute Gasteiger partial charge is 0.222 e. The van der Waals surface area contributed by atoms with Gasteiger partial charge in [-0.25, -0.2) is 0 Å². The van der Waals surface area contributed by atoms with E-state index in [-0.39, 0.29) is 0 Å². The predicted molar refractivity (Wildman–Crippen MR) is 78.6 cm³/mol. The molecule has 0 aromatic heterocycles. The molecule has 2 fully saturated rings. The van der Waals surface area contributed by atoms with Crippen LogP contribution in [0, 0.1) is 5.92 Å². The van der Waals surface area contributed by atoms with E-state index in [1.165, 1.54) is 39.1 Å². The van der Waals surface area contributed by atoms with Crippen LogP contribution in [0.5, 0.6) is 0 Å². The molecule has 0 saturated carbocycles. The third kappa shape index (κ3) is 4.62. The highest BCUT2D eigenvalue weighted by molar-refractivity contribution is 6.18. The van der Waals surface area contributed by atoms with Crippen LogP contribution in [0.25, 0.3) is 0 Å². The maximum atomic E-state index is 11.7. The maximum absolute atomic E-state index is 11.7. The number of carbonyl (C=O) groups is 1. The van der Waals surface area contributed by atoms with Gasteiger partial charge in [-0.05, 0) is 32.4 Å². The third-order valence-electron chi connectivity index (χ3n) is 4.26. The molecule has 110 valence electrons. The highest BCUT2D eigenvalue weighted by Gasteiger charge is 2.28. The van der Waals surface area contributed by atoms with E-state index >= 15 is 0 Å². The van der Waals surface area contributed by atoms with Crippen molar-refractivity contribution in [3.05, 3.63) is 0 Å². The summed E-state index contributed by atoms with van der Waals surface area (Å²) in [4.78, 5) is 18.6. The second kappa shape index (κ2) is 7.46. The van der Waals surface area contributed by atoms with Gasteiger partial charge in [-0.2, -0.15) is 0 Å². The van der Waals surface area contributed by atoms with E-state index in [4.69, 9.17) is 11.6 Å². The van der Waals surface area contributed by atoms with Gasteiger partial charge in [0.25, 0.3) is 0 Å². The van der Waals surface area contributed by atoms with Gasteiger partial charge in [-0.3, -0.25) is 4.79 Å². The number of unbranched alkanes of at least 4 members (excludes halogenated alkanes) is 1. The van der Waals surface area contributed by atoms with Gasteiger partial charge in [0.15, 0.2) is 0 Å². The molecule has 0 N–H and O–H groups in total. The zero-order valence-corrected chi connectivity index (χ0v) is 12.7. The molecule has 2 aliphatic rings. The lowest BCUT2D eigenvalue weighted by molar-refractivity contribution is -0.127. The van der Waals surface area contributed by atoms with Crippen LogP contribution in [0.4, 0.5) is 0 Å². The first-order valence-electron chi connectivity index (χ1n) is 7.43. The number of carbonyl (C=O) groups excluding carboxylic acids is 1. The van der Waals surface area contributed by atoms with Crippen LogP contribution in [-0.2, 0) is 4.79 Å². The number of piperazine rings is 1. The Labute approximate surface area is 121 Å². The fourth-order valence-electron chi connectivity index (χ4n) is 2.88. The van der Waals surface area contributed by atoms with Gasteiger partial charge in [-0.15, -0.1) is 11.6 Å². The molecule has 2 heterocycles. The predicted octanol–water partition coefficient (Wildman–Crippen LogP) is 1.10. The summed E-state index contributed by atoms with van der Waals surface area (Å²) in [7, 11) is 2.18. The SMILES string of the molecule is CN1CCN(CCCCN2CC(CCl)CC2=O)CC1. The average Bonchev–Trinajstić information content (AvgIpc) is 2.77. The summed E-state index contributed by atoms with van der Waals surface area (Å²) < 4.78 is 0. The molecule has 19 heavy (non-hydrogen) atoms. The number of nitrogens with zero attached hydrogens (tertiary/aromatic N) is 3. The summed E-state index contributed by atoms with van der Waals surface area (Å²) in [5.41, 5.74) is 0. The van der Waals surface area contributed by atoms with Gasteiger partial charge < -0.3 is 14.7 Å². The van der Waals surface area contributed by atoms with Crippen LogP contribution in [-0.4, -0.2) is 79.3 Å². The standard InChI is InChI=1S/C14H26ClN3O/c1-16-6-8-17(9-7-16)4-2-3-5-18-12-13(11-15)10-14(18)19/h13H,2-12H2,1H3. The molecule has 1 unspecified atom stereocenters. The Hall–Kier alpha value is -0.320. The van der Waals surface area contributed by atoms with Gasteiger partial charge in [0, 0.05) is 51.6 Å². The highest BCUT2D eigenvalue weighted by atomic mass is 35.5. The van der Waals surface area contributed by atoms with Gasteiger partial charge in [0.1, 0.15) is 0 Å². The van der Waals surface area contributed by atoms with Crippen molar-refractivity contribution in [1.82, 2.24) is 14.7 Å². The van der Waals surface area contributed by atoms with Crippen LogP contribution in [0.3, 0.4) is 0 Å². The van der Waals surface area contributed by atoms with E-state index in [9.17, 15) is 4.79 Å². The summed E-state index contributed by atoms with van der Waals surface area (Å²) in [6, 6.07) is 0. The Bertz CT molecular complexity index is 292. The Morgan fingerprint density at radius 3 is 2.47 bits per heavy atom. The topological polar surface area (TPSA) is 26.8 Å². The van der Waals surface area contributed by atoms with Crippen molar-refractivity contribution in [2.45, 2.75) is 19.3 Å². The van der Waals surface area contributed by atoms with Gasteiger partial charge in [0.05, 0.1) is 0 Å². The largest absolute Gasteiger partial charge is 0.342 e. The molecule has 0 radical (unpaired) electrons. The number of halogens is 1. The van der Waals surface area contributed by atoms with Gasteiger partial charge in [-0.1, -0.05) is 0 Å². The first-order valence-corrected chi connectivity index (χ1v) is 7.97. The number of likely N-dealkylation sites (N-methyl/N-ethyl adjacent to an activating group) is 1. The van der Waals surface area contributed by atoms with Gasteiger partial charge in [0.2, 0.25) is 5.91 Å². The summed E-state index contributed by atoms with van der Waals surface area (Å²) in [6.07, 6.45) is 2.97. The van der Waals surface area contributed by atoms with Crippen molar-refractivity contribution in [2.24, 2.45) is 5.92 Å². The lowest BCUT2D eigenvalue weighted by Gasteiger charge is -2.32. The zero-order chi connectivity index (χ0) is 13.7. The number of likely N-dealkylation sites (tertiary alicyclic amines) is 1. The first kappa shape index (κ1) is 15.1. The normalized spacial score (nSPS) is 26.3. The van der Waals surface area contributed by atoms with E-state index in [2.05, 4.69) is 16.8 Å². The van der Waals surface area contributed by atoms with E-state index in [1.54, 1.807) is 0 Å². The summed E-state index contributed by atoms with van der Waals surface area (Å²) >= 11 is 5.82. The summed E-state index contributed by atoms with van der Waals surface area (Å²) in [5.74, 6) is 1.29. The molecule has 4 nitrogen and oxygen atoms in total. The number of amides is 1. The Morgan fingerprint density at radius 2 is 1.84 bits per heavy atom. The molecule has 0 aromatic carbocycles. The zero-order valence-electron chi connectivity index (χ0n) is 12.0. The molecule has 2 rings (SSSR count). The quantitative estimate of drug-likeness (QED) is 0.541. The van der Waals surface area contributed by atoms with Crippen molar-refractivity contribution in [3.8, 4) is 0 Å². The second-order valence-electron chi connectivity index (χ2n) is 5.92. The molecule has 0 spiro atoms. The Morgan fingerprint density at radius 1 is 1.16 bits per heavy atom. The molecule has 2 aliphatic heterocycles. The van der Waals surface area contributed by atoms with E-state index in [0.717, 1.165) is 19.5 Å². The van der Waals surface area contributed by atoms with Crippen LogP contribution in [0.2, 0.25) is 0 Å². The number of alkyl halides is 1. The van der Waals surface area contributed by atoms with E-state index in [0.29, 0.717) is 24.1 Å². The van der Waals surface area contributed by atoms with Crippen molar-refractivity contribution in [1.29, 1.82) is 0 Å². The number of rotatable bonds is 6. The van der Waals surface area contributed by atoms with Crippen LogP contribution in [0.1, 0.15) is 19.3 Å². The second-order valence-corrected chi connectivity index (χ2v) is 6.22. The molecule has 1 atom stereocenters. The minimum Gasteiger partial charge on any atom is -0.342 e. The fourth-order valence-corrected chi connectivity index (χ4v) is 3.09. The number of hydrogen-bond donors (Lipinski definition) is 0. The maximum Gasteiger partial charge on any atom is 0.222 e. The average molecular weight is 288 g/mol. The third-order valence-corrected chi connectivity index (χ3v) is 4.70. The van der Waals surface area contributed by atoms with Crippen LogP contribution in [0.15, 0.2) is 0 Å².